The molecular formula is C15H19N3OS. The predicted octanol–water partition coefficient (Wildman–Crippen LogP) is 3.29. The van der Waals surface area contributed by atoms with Crippen molar-refractivity contribution in [3.8, 4) is 0 Å². The lowest BCUT2D eigenvalue weighted by molar-refractivity contribution is -0.00582. The van der Waals surface area contributed by atoms with E-state index in [-0.39, 0.29) is 0 Å². The van der Waals surface area contributed by atoms with Crippen LogP contribution >= 0.6 is 11.5 Å². The zero-order valence-electron chi connectivity index (χ0n) is 11.4. The fourth-order valence-corrected chi connectivity index (χ4v) is 3.32. The van der Waals surface area contributed by atoms with Gasteiger partial charge in [0.2, 0.25) is 0 Å². The van der Waals surface area contributed by atoms with E-state index in [9.17, 15) is 0 Å². The first-order valence-electron chi connectivity index (χ1n) is 7.09. The molecule has 0 unspecified atom stereocenters. The lowest BCUT2D eigenvalue weighted by atomic mass is 9.87. The average Bonchev–Trinajstić information content (AvgIpc) is 3.03. The zero-order valence-corrected chi connectivity index (χ0v) is 12.2. The third-order valence-electron chi connectivity index (χ3n) is 3.79. The molecule has 0 amide bonds. The van der Waals surface area contributed by atoms with Crippen LogP contribution < -0.4 is 5.48 Å². The van der Waals surface area contributed by atoms with Gasteiger partial charge in [0, 0.05) is 12.0 Å². The monoisotopic (exact) mass is 289 g/mol. The molecule has 1 N–H and O–H groups in total. The summed E-state index contributed by atoms with van der Waals surface area (Å²) in [5, 5.41) is 1.19. The Morgan fingerprint density at radius 3 is 2.65 bits per heavy atom. The van der Waals surface area contributed by atoms with Crippen LogP contribution in [0.25, 0.3) is 0 Å². The van der Waals surface area contributed by atoms with E-state index >= 15 is 0 Å². The third kappa shape index (κ3) is 3.62. The topological polar surface area (TPSA) is 47.0 Å². The van der Waals surface area contributed by atoms with E-state index in [2.05, 4.69) is 27.0 Å². The molecule has 1 aliphatic rings. The van der Waals surface area contributed by atoms with Crippen molar-refractivity contribution in [1.29, 1.82) is 0 Å². The highest BCUT2D eigenvalue weighted by Gasteiger charge is 2.24. The first-order valence-corrected chi connectivity index (χ1v) is 7.87. The quantitative estimate of drug-likeness (QED) is 0.858. The second-order valence-electron chi connectivity index (χ2n) is 5.22. The highest BCUT2D eigenvalue weighted by atomic mass is 32.1. The van der Waals surface area contributed by atoms with Crippen LogP contribution in [0.5, 0.6) is 0 Å². The molecule has 1 fully saturated rings. The summed E-state index contributed by atoms with van der Waals surface area (Å²) in [5.41, 5.74) is 4.40. The van der Waals surface area contributed by atoms with Crippen LogP contribution in [0.15, 0.2) is 36.7 Å². The number of aromatic nitrogens is 2. The fourth-order valence-electron chi connectivity index (χ4n) is 2.64. The van der Waals surface area contributed by atoms with Gasteiger partial charge in [-0.15, -0.1) is 0 Å². The minimum Gasteiger partial charge on any atom is -0.297 e. The SMILES string of the molecule is c1ccc(CONC2CCC(c3ncns3)CC2)cc1. The first kappa shape index (κ1) is 13.7. The standard InChI is InChI=1S/C15H19N3OS/c1-2-4-12(5-3-1)10-19-18-14-8-6-13(7-9-14)15-16-11-17-20-15/h1-5,11,13-14,18H,6-10H2. The van der Waals surface area contributed by atoms with Crippen molar-refractivity contribution in [1.82, 2.24) is 14.8 Å². The van der Waals surface area contributed by atoms with Gasteiger partial charge in [-0.3, -0.25) is 4.84 Å². The van der Waals surface area contributed by atoms with E-state index < -0.39 is 0 Å². The fraction of sp³-hybridized carbons (Fsp3) is 0.467. The molecule has 0 spiro atoms. The molecule has 1 aromatic heterocycles. The maximum atomic E-state index is 5.61. The Morgan fingerprint density at radius 2 is 1.95 bits per heavy atom. The minimum atomic E-state index is 0.461. The summed E-state index contributed by atoms with van der Waals surface area (Å²) in [6, 6.07) is 10.7. The van der Waals surface area contributed by atoms with Crippen LogP contribution in [-0.4, -0.2) is 15.4 Å². The van der Waals surface area contributed by atoms with Crippen molar-refractivity contribution < 1.29 is 4.84 Å². The Hall–Kier alpha value is -1.30. The van der Waals surface area contributed by atoms with Crippen molar-refractivity contribution in [2.75, 3.05) is 0 Å². The normalized spacial score (nSPS) is 22.8. The largest absolute Gasteiger partial charge is 0.297 e. The molecule has 0 aliphatic heterocycles. The van der Waals surface area contributed by atoms with Gasteiger partial charge in [0.15, 0.2) is 0 Å². The summed E-state index contributed by atoms with van der Waals surface area (Å²) >= 11 is 1.53. The molecule has 1 aliphatic carbocycles. The summed E-state index contributed by atoms with van der Waals surface area (Å²) in [4.78, 5) is 9.93. The van der Waals surface area contributed by atoms with Crippen LogP contribution in [0, 0.1) is 0 Å². The van der Waals surface area contributed by atoms with Gasteiger partial charge < -0.3 is 0 Å². The van der Waals surface area contributed by atoms with Crippen molar-refractivity contribution in [2.45, 2.75) is 44.2 Å². The van der Waals surface area contributed by atoms with Gasteiger partial charge in [-0.2, -0.15) is 9.85 Å². The predicted molar refractivity (Wildman–Crippen MR) is 79.3 cm³/mol. The first-order chi connectivity index (χ1) is 9.92. The molecule has 1 heterocycles. The number of benzene rings is 1. The summed E-state index contributed by atoms with van der Waals surface area (Å²) in [5.74, 6) is 0.592. The Labute approximate surface area is 123 Å². The lowest BCUT2D eigenvalue weighted by Crippen LogP contribution is -2.32. The number of rotatable bonds is 5. The van der Waals surface area contributed by atoms with Gasteiger partial charge in [0.25, 0.3) is 0 Å². The summed E-state index contributed by atoms with van der Waals surface area (Å²) in [7, 11) is 0. The Bertz CT molecular complexity index is 495. The molecular weight excluding hydrogens is 270 g/mol. The van der Waals surface area contributed by atoms with Gasteiger partial charge in [-0.05, 0) is 42.8 Å². The Kier molecular flexibility index (Phi) is 4.73. The van der Waals surface area contributed by atoms with Crippen LogP contribution in [-0.2, 0) is 11.4 Å². The van der Waals surface area contributed by atoms with Crippen LogP contribution in [0.4, 0.5) is 0 Å². The number of nitrogens with one attached hydrogen (secondary N) is 1. The van der Waals surface area contributed by atoms with Crippen LogP contribution in [0.3, 0.4) is 0 Å². The third-order valence-corrected chi connectivity index (χ3v) is 4.61. The summed E-state index contributed by atoms with van der Waals surface area (Å²) in [6.45, 7) is 0.622. The molecule has 2 aromatic rings. The van der Waals surface area contributed by atoms with Gasteiger partial charge in [0.1, 0.15) is 11.3 Å². The van der Waals surface area contributed by atoms with E-state index in [1.807, 2.05) is 18.2 Å². The van der Waals surface area contributed by atoms with Crippen molar-refractivity contribution >= 4 is 11.5 Å². The van der Waals surface area contributed by atoms with Crippen molar-refractivity contribution in [2.24, 2.45) is 0 Å². The smallest absolute Gasteiger partial charge is 0.129 e. The number of nitrogens with zero attached hydrogens (tertiary/aromatic N) is 2. The molecule has 3 rings (SSSR count). The van der Waals surface area contributed by atoms with Crippen LogP contribution in [0.1, 0.15) is 42.2 Å². The molecule has 4 nitrogen and oxygen atoms in total. The van der Waals surface area contributed by atoms with E-state index in [1.54, 1.807) is 6.33 Å². The van der Waals surface area contributed by atoms with Gasteiger partial charge >= 0.3 is 0 Å². The van der Waals surface area contributed by atoms with Gasteiger partial charge in [-0.1, -0.05) is 30.3 Å². The van der Waals surface area contributed by atoms with Crippen molar-refractivity contribution in [3.05, 3.63) is 47.2 Å². The molecule has 106 valence electrons. The maximum absolute atomic E-state index is 5.61. The van der Waals surface area contributed by atoms with Crippen LogP contribution in [0.2, 0.25) is 0 Å². The van der Waals surface area contributed by atoms with Gasteiger partial charge in [-0.25, -0.2) is 4.98 Å². The highest BCUT2D eigenvalue weighted by Crippen LogP contribution is 2.33. The Balaban J connectivity index is 1.39. The second-order valence-corrected chi connectivity index (χ2v) is 6.03. The highest BCUT2D eigenvalue weighted by molar-refractivity contribution is 7.05. The number of hydrogen-bond acceptors (Lipinski definition) is 5. The molecule has 0 atom stereocenters. The molecule has 20 heavy (non-hydrogen) atoms. The molecule has 0 bridgehead atoms. The summed E-state index contributed by atoms with van der Waals surface area (Å²) < 4.78 is 4.09. The molecule has 0 saturated heterocycles. The number of hydrogen-bond donors (Lipinski definition) is 1. The average molecular weight is 289 g/mol. The lowest BCUT2D eigenvalue weighted by Gasteiger charge is -2.27. The second kappa shape index (κ2) is 6.92. The molecule has 0 radical (unpaired) electrons. The molecule has 1 saturated carbocycles. The van der Waals surface area contributed by atoms with E-state index in [1.165, 1.54) is 34.9 Å². The summed E-state index contributed by atoms with van der Waals surface area (Å²) in [6.07, 6.45) is 6.27. The Morgan fingerprint density at radius 1 is 1.15 bits per heavy atom. The zero-order chi connectivity index (χ0) is 13.6. The minimum absolute atomic E-state index is 0.461. The molecule has 5 heteroatoms. The van der Waals surface area contributed by atoms with E-state index in [0.717, 1.165) is 12.8 Å². The van der Waals surface area contributed by atoms with Gasteiger partial charge in [0.05, 0.1) is 6.61 Å². The van der Waals surface area contributed by atoms with E-state index in [4.69, 9.17) is 4.84 Å². The van der Waals surface area contributed by atoms with Crippen molar-refractivity contribution in [3.63, 3.8) is 0 Å². The maximum Gasteiger partial charge on any atom is 0.129 e. The van der Waals surface area contributed by atoms with E-state index in [0.29, 0.717) is 18.6 Å². The number of hydroxylamine groups is 1. The molecule has 1 aromatic carbocycles.